The Kier molecular flexibility index (Phi) is 22.1. The van der Waals surface area contributed by atoms with E-state index in [2.05, 4.69) is 35.9 Å². The zero-order chi connectivity index (χ0) is 50.6. The molecule has 15 nitrogen and oxygen atoms in total. The normalized spacial score (nSPS) is 15.0. The predicted molar refractivity (Wildman–Crippen MR) is 238 cm³/mol. The van der Waals surface area contributed by atoms with Gasteiger partial charge in [0.05, 0.1) is 0 Å². The van der Waals surface area contributed by atoms with Crippen molar-refractivity contribution in [1.29, 1.82) is 0 Å². The third-order valence-electron chi connectivity index (χ3n) is 10.2. The Morgan fingerprint density at radius 3 is 1.40 bits per heavy atom. The summed E-state index contributed by atoms with van der Waals surface area (Å²) in [5, 5.41) is 17.0. The van der Waals surface area contributed by atoms with Crippen LogP contribution in [0.5, 0.6) is 0 Å². The third kappa shape index (κ3) is 20.6. The van der Waals surface area contributed by atoms with E-state index in [4.69, 9.17) is 14.6 Å². The molecule has 2 atom stereocenters. The van der Waals surface area contributed by atoms with E-state index in [0.29, 0.717) is 38.1 Å². The lowest BCUT2D eigenvalue weighted by Gasteiger charge is -2.36. The van der Waals surface area contributed by atoms with E-state index in [1.807, 2.05) is 0 Å². The van der Waals surface area contributed by atoms with Crippen molar-refractivity contribution in [2.45, 2.75) is 110 Å². The van der Waals surface area contributed by atoms with Crippen molar-refractivity contribution >= 4 is 24.1 Å². The summed E-state index contributed by atoms with van der Waals surface area (Å²) in [5.74, 6) is -7.66. The Balaban J connectivity index is 0.000000276. The number of alkyl carbamates (subject to hydrolysis) is 2. The summed E-state index contributed by atoms with van der Waals surface area (Å²) >= 11 is 0. The molecule has 0 unspecified atom stereocenters. The van der Waals surface area contributed by atoms with Crippen LogP contribution >= 0.6 is 0 Å². The van der Waals surface area contributed by atoms with Crippen LogP contribution in [-0.4, -0.2) is 103 Å². The molecular formula is C47H60F6N8O7. The number of piperidine rings is 2. The number of aromatic nitrogens is 4. The Hall–Kier alpha value is -6.38. The Bertz CT molecular complexity index is 2200. The molecule has 3 amide bonds. The summed E-state index contributed by atoms with van der Waals surface area (Å²) in [6.45, 7) is 14.5. The molecule has 4 N–H and O–H groups in total. The minimum atomic E-state index is -1.26. The monoisotopic (exact) mass is 962 g/mol. The number of nitrogens with zero attached hydrogens (tertiary/aromatic N) is 5. The molecule has 2 fully saturated rings. The number of nitrogens with one attached hydrogen (secondary N) is 3. The highest BCUT2D eigenvalue weighted by Gasteiger charge is 2.32. The summed E-state index contributed by atoms with van der Waals surface area (Å²) in [5.41, 5.74) is -1.34. The second-order valence-electron chi connectivity index (χ2n) is 17.8. The fourth-order valence-corrected chi connectivity index (χ4v) is 7.03. The number of carbonyl (C=O) groups is 4. The van der Waals surface area contributed by atoms with Crippen molar-refractivity contribution in [1.82, 2.24) is 40.8 Å². The van der Waals surface area contributed by atoms with Crippen LogP contribution in [0, 0.1) is 46.7 Å². The van der Waals surface area contributed by atoms with E-state index in [1.54, 1.807) is 71.0 Å². The fourth-order valence-electron chi connectivity index (χ4n) is 7.03. The van der Waals surface area contributed by atoms with Gasteiger partial charge in [0.15, 0.2) is 23.3 Å². The summed E-state index contributed by atoms with van der Waals surface area (Å²) in [4.78, 5) is 62.0. The number of benzene rings is 2. The molecule has 4 aromatic rings. The molecular weight excluding hydrogens is 903 g/mol. The molecule has 68 heavy (non-hydrogen) atoms. The van der Waals surface area contributed by atoms with E-state index in [9.17, 15) is 45.5 Å². The Labute approximate surface area is 391 Å². The van der Waals surface area contributed by atoms with Crippen molar-refractivity contribution in [2.75, 3.05) is 26.2 Å². The zero-order valence-corrected chi connectivity index (χ0v) is 39.1. The number of halogens is 6. The number of likely N-dealkylation sites (tertiary alicyclic amines) is 1. The van der Waals surface area contributed by atoms with E-state index < -0.39 is 76.3 Å². The first-order valence-corrected chi connectivity index (χ1v) is 21.8. The molecule has 372 valence electrons. The van der Waals surface area contributed by atoms with Gasteiger partial charge >= 0.3 is 18.2 Å². The van der Waals surface area contributed by atoms with Gasteiger partial charge in [0.1, 0.15) is 29.2 Å². The maximum atomic E-state index is 14.1. The van der Waals surface area contributed by atoms with E-state index in [-0.39, 0.29) is 47.5 Å². The van der Waals surface area contributed by atoms with Gasteiger partial charge in [0.25, 0.3) is 0 Å². The SMILES string of the molecule is CC(=O)N1CCC([C@@H](Cc2cc(F)c(F)cc2F)NC(=O)OC(C)(C)C)CC1.CC(C)(C)OC(=O)N[C@H](Cc1cc(F)c(F)cc1F)C1CCNCC1.O=C(O)c1ncccn1.c1cncnc1. The number of carboxylic acid groups (broad SMARTS) is 1. The van der Waals surface area contributed by atoms with Crippen LogP contribution in [0.4, 0.5) is 35.9 Å². The molecule has 2 aliphatic rings. The highest BCUT2D eigenvalue weighted by atomic mass is 19.2. The number of ether oxygens (including phenoxy) is 2. The average molecular weight is 963 g/mol. The molecule has 21 heteroatoms. The van der Waals surface area contributed by atoms with Crippen LogP contribution in [-0.2, 0) is 27.1 Å². The number of amides is 3. The topological polar surface area (TPSA) is 198 Å². The van der Waals surface area contributed by atoms with Crippen LogP contribution in [0.25, 0.3) is 0 Å². The summed E-state index contributed by atoms with van der Waals surface area (Å²) in [7, 11) is 0. The lowest BCUT2D eigenvalue weighted by Crippen LogP contribution is -2.48. The van der Waals surface area contributed by atoms with E-state index in [1.165, 1.54) is 25.6 Å². The summed E-state index contributed by atoms with van der Waals surface area (Å²) in [6, 6.07) is 5.10. The smallest absolute Gasteiger partial charge is 0.407 e. The number of hydrogen-bond donors (Lipinski definition) is 4. The van der Waals surface area contributed by atoms with Crippen LogP contribution in [0.1, 0.15) is 95.9 Å². The van der Waals surface area contributed by atoms with E-state index >= 15 is 0 Å². The van der Waals surface area contributed by atoms with E-state index in [0.717, 1.165) is 38.1 Å². The van der Waals surface area contributed by atoms with Gasteiger partial charge < -0.3 is 35.4 Å². The van der Waals surface area contributed by atoms with Crippen molar-refractivity contribution in [3.8, 4) is 0 Å². The molecule has 2 aliphatic heterocycles. The standard InChI is InChI=1S/C20H27F3N2O3.C18H25F3N2O2.C5H4N2O2.C4H4N2/c1-12(26)25-7-5-13(6-8-25)18(24-19(27)28-20(2,3)4)10-14-9-16(22)17(23)11-15(14)21;1-18(2,3)25-17(24)23-16(11-4-6-22-7-5-11)9-12-8-14(20)15(21)10-13(12)19;8-5(9)4-6-2-1-3-7-4;1-2-5-4-6-3-1/h9,11,13,18H,5-8,10H2,1-4H3,(H,24,27);8,10-11,16,22H,4-7,9H2,1-3H3,(H,23,24);1-3H,(H,8,9);1-4H/t18-;16-;;/m11../s1. The van der Waals surface area contributed by atoms with Crippen molar-refractivity contribution in [3.63, 3.8) is 0 Å². The lowest BCUT2D eigenvalue weighted by atomic mass is 9.85. The average Bonchev–Trinajstić information content (AvgIpc) is 3.27. The van der Waals surface area contributed by atoms with Crippen LogP contribution in [0.3, 0.4) is 0 Å². The first-order valence-electron chi connectivity index (χ1n) is 21.8. The summed E-state index contributed by atoms with van der Waals surface area (Å²) in [6.07, 6.45) is 9.26. The highest BCUT2D eigenvalue weighted by molar-refractivity contribution is 5.82. The van der Waals surface area contributed by atoms with Gasteiger partial charge in [-0.1, -0.05) is 0 Å². The number of hydrogen-bond acceptors (Lipinski definition) is 11. The Morgan fingerprint density at radius 1 is 0.662 bits per heavy atom. The Morgan fingerprint density at radius 2 is 1.06 bits per heavy atom. The van der Waals surface area contributed by atoms with Crippen LogP contribution in [0.15, 0.2) is 67.5 Å². The third-order valence-corrected chi connectivity index (χ3v) is 10.2. The number of carboxylic acids is 1. The quantitative estimate of drug-likeness (QED) is 0.0934. The van der Waals surface area contributed by atoms with Crippen molar-refractivity contribution in [2.24, 2.45) is 11.8 Å². The molecule has 6 rings (SSSR count). The fraction of sp³-hybridized carbons (Fsp3) is 0.489. The van der Waals surface area contributed by atoms with Crippen molar-refractivity contribution in [3.05, 3.63) is 119 Å². The molecule has 0 aliphatic carbocycles. The zero-order valence-electron chi connectivity index (χ0n) is 39.1. The van der Waals surface area contributed by atoms with Crippen molar-refractivity contribution < 1.29 is 60.1 Å². The molecule has 0 spiro atoms. The molecule has 4 heterocycles. The van der Waals surface area contributed by atoms with Gasteiger partial charge in [0, 0.05) is 69.0 Å². The maximum Gasteiger partial charge on any atom is 0.407 e. The first kappa shape index (κ1) is 55.9. The van der Waals surface area contributed by atoms with Gasteiger partial charge in [-0.15, -0.1) is 0 Å². The van der Waals surface area contributed by atoms with Gasteiger partial charge in [-0.2, -0.15) is 0 Å². The number of carbonyl (C=O) groups excluding carboxylic acids is 3. The highest BCUT2D eigenvalue weighted by Crippen LogP contribution is 2.26. The van der Waals surface area contributed by atoms with Gasteiger partial charge in [-0.05, 0) is 140 Å². The minimum Gasteiger partial charge on any atom is -0.475 e. The number of aromatic carboxylic acids is 1. The van der Waals surface area contributed by atoms with Gasteiger partial charge in [-0.3, -0.25) is 4.79 Å². The van der Waals surface area contributed by atoms with Crippen LogP contribution < -0.4 is 16.0 Å². The molecule has 2 aromatic carbocycles. The second-order valence-corrected chi connectivity index (χ2v) is 17.8. The van der Waals surface area contributed by atoms with Gasteiger partial charge in [0.2, 0.25) is 11.7 Å². The number of rotatable bonds is 9. The second kappa shape index (κ2) is 26.8. The first-order chi connectivity index (χ1) is 31.9. The van der Waals surface area contributed by atoms with Crippen LogP contribution in [0.2, 0.25) is 0 Å². The molecule has 0 saturated carbocycles. The molecule has 2 aromatic heterocycles. The lowest BCUT2D eigenvalue weighted by molar-refractivity contribution is -0.130. The summed E-state index contributed by atoms with van der Waals surface area (Å²) < 4.78 is 92.1. The predicted octanol–water partition coefficient (Wildman–Crippen LogP) is 7.99. The molecule has 0 bridgehead atoms. The molecule has 0 radical (unpaired) electrons. The van der Waals surface area contributed by atoms with Gasteiger partial charge in [-0.25, -0.2) is 60.7 Å². The maximum absolute atomic E-state index is 14.1. The molecule has 2 saturated heterocycles. The minimum absolute atomic E-state index is 0.00693. The largest absolute Gasteiger partial charge is 0.475 e.